The van der Waals surface area contributed by atoms with Gasteiger partial charge in [-0.3, -0.25) is 14.5 Å². The second kappa shape index (κ2) is 4.94. The Morgan fingerprint density at radius 3 is 2.21 bits per heavy atom. The predicted molar refractivity (Wildman–Crippen MR) is 54.5 cm³/mol. The third kappa shape index (κ3) is 2.98. The molecule has 0 bridgehead atoms. The Labute approximate surface area is 84.8 Å². The van der Waals surface area contributed by atoms with Crippen LogP contribution in [0.3, 0.4) is 0 Å². The molecular weight excluding hydrogens is 178 g/mol. The third-order valence-electron chi connectivity index (χ3n) is 2.31. The maximum absolute atomic E-state index is 11.1. The van der Waals surface area contributed by atoms with Gasteiger partial charge in [0.1, 0.15) is 0 Å². The Kier molecular flexibility index (Phi) is 3.86. The molecule has 0 fully saturated rings. The monoisotopic (exact) mass is 195 g/mol. The molecule has 0 radical (unpaired) electrons. The molecule has 1 rings (SSSR count). The van der Waals surface area contributed by atoms with E-state index < -0.39 is 0 Å². The fraction of sp³-hybridized carbons (Fsp3) is 0.636. The van der Waals surface area contributed by atoms with E-state index in [1.165, 1.54) is 17.1 Å². The summed E-state index contributed by atoms with van der Waals surface area (Å²) in [7, 11) is 0. The van der Waals surface area contributed by atoms with Crippen molar-refractivity contribution in [3.05, 3.63) is 12.2 Å². The minimum atomic E-state index is -0.167. The van der Waals surface area contributed by atoms with Gasteiger partial charge >= 0.3 is 0 Å². The largest absolute Gasteiger partial charge is 0.275 e. The van der Waals surface area contributed by atoms with Crippen LogP contribution in [0.25, 0.3) is 0 Å². The number of carbonyl (C=O) groups is 2. The van der Waals surface area contributed by atoms with Gasteiger partial charge in [-0.2, -0.15) is 0 Å². The van der Waals surface area contributed by atoms with Gasteiger partial charge in [-0.1, -0.05) is 26.7 Å². The first-order chi connectivity index (χ1) is 6.61. The molecule has 1 aliphatic rings. The lowest BCUT2D eigenvalue weighted by Crippen LogP contribution is -2.30. The normalized spacial score (nSPS) is 16.1. The first-order valence-electron chi connectivity index (χ1n) is 5.15. The lowest BCUT2D eigenvalue weighted by atomic mass is 10.1. The molecule has 78 valence electrons. The molecule has 0 aromatic rings. The summed E-state index contributed by atoms with van der Waals surface area (Å²) in [5.74, 6) is 0.359. The molecule has 2 amide bonds. The van der Waals surface area contributed by atoms with Gasteiger partial charge < -0.3 is 0 Å². The van der Waals surface area contributed by atoms with E-state index in [1.54, 1.807) is 0 Å². The Hall–Kier alpha value is -1.12. The number of hydrogen-bond acceptors (Lipinski definition) is 2. The van der Waals surface area contributed by atoms with Crippen molar-refractivity contribution in [3.63, 3.8) is 0 Å². The number of unbranched alkanes of at least 4 members (excludes halogenated alkanes) is 1. The minimum absolute atomic E-state index is 0.167. The Balaban J connectivity index is 2.19. The van der Waals surface area contributed by atoms with Crippen molar-refractivity contribution in [2.75, 3.05) is 6.54 Å². The number of imide groups is 1. The Morgan fingerprint density at radius 2 is 1.71 bits per heavy atom. The summed E-state index contributed by atoms with van der Waals surface area (Å²) < 4.78 is 0. The summed E-state index contributed by atoms with van der Waals surface area (Å²) >= 11 is 0. The maximum atomic E-state index is 11.1. The molecule has 0 N–H and O–H groups in total. The fourth-order valence-electron chi connectivity index (χ4n) is 1.47. The maximum Gasteiger partial charge on any atom is 0.253 e. The standard InChI is InChI=1S/C11H17NO2/c1-9(2)5-3-4-8-12-10(13)6-7-11(12)14/h6-7,9H,3-5,8H2,1-2H3. The van der Waals surface area contributed by atoms with E-state index in [1.807, 2.05) is 0 Å². The summed E-state index contributed by atoms with van der Waals surface area (Å²) in [6.07, 6.45) is 5.82. The van der Waals surface area contributed by atoms with Crippen LogP contribution in [0, 0.1) is 5.92 Å². The van der Waals surface area contributed by atoms with E-state index in [9.17, 15) is 9.59 Å². The molecule has 0 atom stereocenters. The average molecular weight is 195 g/mol. The first kappa shape index (κ1) is 11.0. The molecule has 0 saturated heterocycles. The van der Waals surface area contributed by atoms with Gasteiger partial charge in [-0.25, -0.2) is 0 Å². The second-order valence-electron chi connectivity index (χ2n) is 4.05. The van der Waals surface area contributed by atoms with Gasteiger partial charge in [0.15, 0.2) is 0 Å². The zero-order valence-electron chi connectivity index (χ0n) is 8.82. The van der Waals surface area contributed by atoms with Crippen molar-refractivity contribution >= 4 is 11.8 Å². The summed E-state index contributed by atoms with van der Waals surface area (Å²) in [5, 5.41) is 0. The molecule has 0 aromatic carbocycles. The number of hydrogen-bond donors (Lipinski definition) is 0. The second-order valence-corrected chi connectivity index (χ2v) is 4.05. The van der Waals surface area contributed by atoms with Crippen LogP contribution < -0.4 is 0 Å². The summed E-state index contributed by atoms with van der Waals surface area (Å²) in [6, 6.07) is 0. The fourth-order valence-corrected chi connectivity index (χ4v) is 1.47. The molecule has 0 aromatic heterocycles. The Morgan fingerprint density at radius 1 is 1.14 bits per heavy atom. The molecule has 3 heteroatoms. The van der Waals surface area contributed by atoms with Crippen LogP contribution in [0.4, 0.5) is 0 Å². The molecular formula is C11H17NO2. The first-order valence-corrected chi connectivity index (χ1v) is 5.15. The van der Waals surface area contributed by atoms with Gasteiger partial charge in [0.25, 0.3) is 11.8 Å². The van der Waals surface area contributed by atoms with Crippen LogP contribution >= 0.6 is 0 Å². The van der Waals surface area contributed by atoms with E-state index in [0.29, 0.717) is 12.5 Å². The van der Waals surface area contributed by atoms with Crippen molar-refractivity contribution in [2.24, 2.45) is 5.92 Å². The smallest absolute Gasteiger partial charge is 0.253 e. The van der Waals surface area contributed by atoms with Crippen LogP contribution in [0.1, 0.15) is 33.1 Å². The third-order valence-corrected chi connectivity index (χ3v) is 2.31. The van der Waals surface area contributed by atoms with Crippen LogP contribution in [0.2, 0.25) is 0 Å². The highest BCUT2D eigenvalue weighted by Gasteiger charge is 2.21. The van der Waals surface area contributed by atoms with Crippen molar-refractivity contribution in [3.8, 4) is 0 Å². The van der Waals surface area contributed by atoms with Crippen LogP contribution in [0.5, 0.6) is 0 Å². The van der Waals surface area contributed by atoms with E-state index in [4.69, 9.17) is 0 Å². The van der Waals surface area contributed by atoms with Gasteiger partial charge in [0, 0.05) is 18.7 Å². The lowest BCUT2D eigenvalue weighted by molar-refractivity contribution is -0.136. The number of rotatable bonds is 5. The highest BCUT2D eigenvalue weighted by Crippen LogP contribution is 2.09. The summed E-state index contributed by atoms with van der Waals surface area (Å²) in [4.78, 5) is 23.6. The summed E-state index contributed by atoms with van der Waals surface area (Å²) in [5.41, 5.74) is 0. The van der Waals surface area contributed by atoms with E-state index in [-0.39, 0.29) is 11.8 Å². The predicted octanol–water partition coefficient (Wildman–Crippen LogP) is 1.74. The number of carbonyl (C=O) groups excluding carboxylic acids is 2. The molecule has 1 aliphatic heterocycles. The minimum Gasteiger partial charge on any atom is -0.275 e. The zero-order valence-corrected chi connectivity index (χ0v) is 8.82. The van der Waals surface area contributed by atoms with Crippen molar-refractivity contribution in [1.29, 1.82) is 0 Å². The molecule has 0 unspecified atom stereocenters. The summed E-state index contributed by atoms with van der Waals surface area (Å²) in [6.45, 7) is 4.92. The van der Waals surface area contributed by atoms with E-state index in [2.05, 4.69) is 13.8 Å². The number of amides is 2. The van der Waals surface area contributed by atoms with Gasteiger partial charge in [-0.15, -0.1) is 0 Å². The molecule has 0 aliphatic carbocycles. The van der Waals surface area contributed by atoms with Crippen LogP contribution in [-0.4, -0.2) is 23.3 Å². The van der Waals surface area contributed by atoms with Gasteiger partial charge in [0.2, 0.25) is 0 Å². The SMILES string of the molecule is CC(C)CCCCN1C(=O)C=CC1=O. The molecule has 14 heavy (non-hydrogen) atoms. The van der Waals surface area contributed by atoms with Crippen molar-refractivity contribution in [1.82, 2.24) is 4.90 Å². The Bertz CT molecular complexity index is 238. The quantitative estimate of drug-likeness (QED) is 0.495. The highest BCUT2D eigenvalue weighted by atomic mass is 16.2. The lowest BCUT2D eigenvalue weighted by Gasteiger charge is -2.13. The van der Waals surface area contributed by atoms with Crippen molar-refractivity contribution < 1.29 is 9.59 Å². The molecule has 0 spiro atoms. The van der Waals surface area contributed by atoms with Crippen LogP contribution in [0.15, 0.2) is 12.2 Å². The van der Waals surface area contributed by atoms with Gasteiger partial charge in [0.05, 0.1) is 0 Å². The average Bonchev–Trinajstić information content (AvgIpc) is 2.42. The number of nitrogens with zero attached hydrogens (tertiary/aromatic N) is 1. The molecule has 1 heterocycles. The molecule has 3 nitrogen and oxygen atoms in total. The van der Waals surface area contributed by atoms with Crippen molar-refractivity contribution in [2.45, 2.75) is 33.1 Å². The topological polar surface area (TPSA) is 37.4 Å². The molecule has 0 saturated carbocycles. The van der Waals surface area contributed by atoms with Gasteiger partial charge in [-0.05, 0) is 12.3 Å². The van der Waals surface area contributed by atoms with Crippen LogP contribution in [-0.2, 0) is 9.59 Å². The highest BCUT2D eigenvalue weighted by molar-refractivity contribution is 6.12. The zero-order chi connectivity index (χ0) is 10.6. The van der Waals surface area contributed by atoms with E-state index in [0.717, 1.165) is 19.3 Å². The van der Waals surface area contributed by atoms with E-state index >= 15 is 0 Å².